The zero-order valence-electron chi connectivity index (χ0n) is 12.1. The lowest BCUT2D eigenvalue weighted by atomic mass is 10.1. The Bertz CT molecular complexity index is 636. The average molecular weight is 309 g/mol. The van der Waals surface area contributed by atoms with Crippen LogP contribution in [-0.4, -0.2) is 46.1 Å². The Morgan fingerprint density at radius 2 is 2.00 bits per heavy atom. The highest BCUT2D eigenvalue weighted by Crippen LogP contribution is 2.18. The van der Waals surface area contributed by atoms with Crippen LogP contribution in [0.5, 0.6) is 0 Å². The fourth-order valence-corrected chi connectivity index (χ4v) is 3.86. The summed E-state index contributed by atoms with van der Waals surface area (Å²) in [5, 5.41) is 3.88. The highest BCUT2D eigenvalue weighted by atomic mass is 32.2. The first-order valence-electron chi connectivity index (χ1n) is 6.68. The monoisotopic (exact) mass is 309 g/mol. The Morgan fingerprint density at radius 3 is 2.52 bits per heavy atom. The quantitative estimate of drug-likeness (QED) is 0.654. The van der Waals surface area contributed by atoms with Gasteiger partial charge in [-0.2, -0.15) is 5.10 Å². The van der Waals surface area contributed by atoms with E-state index in [-0.39, 0.29) is 17.4 Å². The van der Waals surface area contributed by atoms with Crippen molar-refractivity contribution in [2.24, 2.45) is 11.0 Å². The molecule has 1 heterocycles. The molecule has 0 saturated carbocycles. The lowest BCUT2D eigenvalue weighted by Gasteiger charge is -2.11. The smallest absolute Gasteiger partial charge is 0.244 e. The molecule has 1 N–H and O–H groups in total. The van der Waals surface area contributed by atoms with Gasteiger partial charge in [-0.3, -0.25) is 4.79 Å². The van der Waals surface area contributed by atoms with E-state index in [9.17, 15) is 13.2 Å². The molecule has 1 amide bonds. The van der Waals surface area contributed by atoms with E-state index >= 15 is 0 Å². The summed E-state index contributed by atoms with van der Waals surface area (Å²) in [6, 6.07) is 7.69. The van der Waals surface area contributed by atoms with Gasteiger partial charge in [-0.25, -0.2) is 13.8 Å². The van der Waals surface area contributed by atoms with Crippen LogP contribution in [0.15, 0.2) is 29.4 Å². The maximum atomic E-state index is 11.8. The largest absolute Gasteiger partial charge is 0.378 e. The standard InChI is InChI=1S/C14H19N3O3S/c1-17(2)13-5-3-11(4-6-13)9-15-16-14(18)12-7-8-21(19,20)10-12/h3-6,9,12H,7-8,10H2,1-2H3,(H,16,18)/b15-9-/t12-/m1/s1. The number of hydrazone groups is 1. The van der Waals surface area contributed by atoms with Crippen molar-refractivity contribution in [2.45, 2.75) is 6.42 Å². The van der Waals surface area contributed by atoms with Crippen LogP contribution in [0.25, 0.3) is 0 Å². The van der Waals surface area contributed by atoms with Crippen LogP contribution in [0.4, 0.5) is 5.69 Å². The maximum absolute atomic E-state index is 11.8. The second-order valence-electron chi connectivity index (χ2n) is 5.32. The van der Waals surface area contributed by atoms with Gasteiger partial charge < -0.3 is 4.90 Å². The van der Waals surface area contributed by atoms with Gasteiger partial charge in [0.15, 0.2) is 9.84 Å². The number of nitrogens with zero attached hydrogens (tertiary/aromatic N) is 2. The minimum absolute atomic E-state index is 0.0775. The third-order valence-corrected chi connectivity index (χ3v) is 5.17. The molecule has 6 nitrogen and oxygen atoms in total. The van der Waals surface area contributed by atoms with Crippen molar-refractivity contribution in [1.82, 2.24) is 5.43 Å². The predicted molar refractivity (Wildman–Crippen MR) is 83.3 cm³/mol. The molecule has 1 fully saturated rings. The summed E-state index contributed by atoms with van der Waals surface area (Å²) in [6.07, 6.45) is 1.92. The molecule has 0 aliphatic carbocycles. The molecule has 0 spiro atoms. The highest BCUT2D eigenvalue weighted by molar-refractivity contribution is 7.91. The van der Waals surface area contributed by atoms with Gasteiger partial charge in [-0.05, 0) is 24.1 Å². The zero-order valence-corrected chi connectivity index (χ0v) is 12.9. The molecule has 7 heteroatoms. The first-order valence-corrected chi connectivity index (χ1v) is 8.50. The summed E-state index contributed by atoms with van der Waals surface area (Å²) in [7, 11) is 0.867. The van der Waals surface area contributed by atoms with Gasteiger partial charge in [-0.1, -0.05) is 12.1 Å². The van der Waals surface area contributed by atoms with Crippen molar-refractivity contribution in [3.63, 3.8) is 0 Å². The van der Waals surface area contributed by atoms with Crippen LogP contribution < -0.4 is 10.3 Å². The zero-order chi connectivity index (χ0) is 15.5. The van der Waals surface area contributed by atoms with Gasteiger partial charge in [-0.15, -0.1) is 0 Å². The summed E-state index contributed by atoms with van der Waals surface area (Å²) < 4.78 is 22.6. The molecule has 1 aliphatic rings. The van der Waals surface area contributed by atoms with E-state index in [4.69, 9.17) is 0 Å². The van der Waals surface area contributed by atoms with E-state index < -0.39 is 15.8 Å². The molecule has 1 saturated heterocycles. The third-order valence-electron chi connectivity index (χ3n) is 3.40. The lowest BCUT2D eigenvalue weighted by molar-refractivity contribution is -0.124. The molecule has 2 rings (SSSR count). The second kappa shape index (κ2) is 6.26. The van der Waals surface area contributed by atoms with Gasteiger partial charge >= 0.3 is 0 Å². The fraction of sp³-hybridized carbons (Fsp3) is 0.429. The van der Waals surface area contributed by atoms with Crippen LogP contribution in [0.3, 0.4) is 0 Å². The van der Waals surface area contributed by atoms with Crippen molar-refractivity contribution in [3.8, 4) is 0 Å². The molecule has 114 valence electrons. The molecule has 0 unspecified atom stereocenters. The van der Waals surface area contributed by atoms with E-state index in [0.29, 0.717) is 6.42 Å². The summed E-state index contributed by atoms with van der Waals surface area (Å²) in [6.45, 7) is 0. The minimum atomic E-state index is -3.05. The van der Waals surface area contributed by atoms with E-state index in [2.05, 4.69) is 10.5 Å². The van der Waals surface area contributed by atoms with E-state index in [1.165, 1.54) is 0 Å². The van der Waals surface area contributed by atoms with Gasteiger partial charge in [0.25, 0.3) is 0 Å². The molecule has 1 atom stereocenters. The Morgan fingerprint density at radius 1 is 1.33 bits per heavy atom. The lowest BCUT2D eigenvalue weighted by Crippen LogP contribution is -2.27. The first kappa shape index (κ1) is 15.5. The van der Waals surface area contributed by atoms with Crippen LogP contribution in [0.2, 0.25) is 0 Å². The Kier molecular flexibility index (Phi) is 4.62. The van der Waals surface area contributed by atoms with Gasteiger partial charge in [0.05, 0.1) is 23.6 Å². The van der Waals surface area contributed by atoms with E-state index in [1.807, 2.05) is 43.3 Å². The van der Waals surface area contributed by atoms with E-state index in [0.717, 1.165) is 11.3 Å². The number of carbonyl (C=O) groups excluding carboxylic acids is 1. The number of rotatable bonds is 4. The van der Waals surface area contributed by atoms with Gasteiger partial charge in [0.1, 0.15) is 0 Å². The number of benzene rings is 1. The first-order chi connectivity index (χ1) is 9.87. The number of nitrogens with one attached hydrogen (secondary N) is 1. The van der Waals surface area contributed by atoms with E-state index in [1.54, 1.807) is 6.21 Å². The number of sulfone groups is 1. The van der Waals surface area contributed by atoms with Crippen LogP contribution >= 0.6 is 0 Å². The van der Waals surface area contributed by atoms with Crippen molar-refractivity contribution < 1.29 is 13.2 Å². The summed E-state index contributed by atoms with van der Waals surface area (Å²) in [5.41, 5.74) is 4.34. The van der Waals surface area contributed by atoms with Crippen molar-refractivity contribution in [2.75, 3.05) is 30.5 Å². The topological polar surface area (TPSA) is 78.8 Å². The fourth-order valence-electron chi connectivity index (χ4n) is 2.12. The number of anilines is 1. The van der Waals surface area contributed by atoms with Crippen molar-refractivity contribution in [3.05, 3.63) is 29.8 Å². The Balaban J connectivity index is 1.89. The summed E-state index contributed by atoms with van der Waals surface area (Å²) >= 11 is 0. The molecular formula is C14H19N3O3S. The Hall–Kier alpha value is -1.89. The molecule has 0 aromatic heterocycles. The molecule has 0 radical (unpaired) electrons. The van der Waals surface area contributed by atoms with Crippen molar-refractivity contribution in [1.29, 1.82) is 0 Å². The third kappa shape index (κ3) is 4.29. The molecule has 21 heavy (non-hydrogen) atoms. The molecular weight excluding hydrogens is 290 g/mol. The van der Waals surface area contributed by atoms with Crippen LogP contribution in [0.1, 0.15) is 12.0 Å². The molecule has 1 aliphatic heterocycles. The predicted octanol–water partition coefficient (Wildman–Crippen LogP) is 0.637. The average Bonchev–Trinajstić information content (AvgIpc) is 2.79. The SMILES string of the molecule is CN(C)c1ccc(/C=N\NC(=O)[C@@H]2CCS(=O)(=O)C2)cc1. The van der Waals surface area contributed by atoms with Gasteiger partial charge in [0.2, 0.25) is 5.91 Å². The maximum Gasteiger partial charge on any atom is 0.244 e. The van der Waals surface area contributed by atoms with Crippen molar-refractivity contribution >= 4 is 27.6 Å². The number of hydrogen-bond acceptors (Lipinski definition) is 5. The molecule has 1 aromatic carbocycles. The minimum Gasteiger partial charge on any atom is -0.378 e. The number of hydrogen-bond donors (Lipinski definition) is 1. The van der Waals surface area contributed by atoms with Gasteiger partial charge in [0, 0.05) is 19.8 Å². The summed E-state index contributed by atoms with van der Waals surface area (Å²) in [5.74, 6) is -0.812. The summed E-state index contributed by atoms with van der Waals surface area (Å²) in [4.78, 5) is 13.8. The Labute approximate surface area is 124 Å². The number of amides is 1. The molecule has 0 bridgehead atoms. The highest BCUT2D eigenvalue weighted by Gasteiger charge is 2.32. The normalized spacial score (nSPS) is 20.6. The number of carbonyl (C=O) groups is 1. The molecule has 1 aromatic rings. The van der Waals surface area contributed by atoms with Crippen LogP contribution in [-0.2, 0) is 14.6 Å². The second-order valence-corrected chi connectivity index (χ2v) is 7.55. The van der Waals surface area contributed by atoms with Crippen LogP contribution in [0, 0.1) is 5.92 Å².